The lowest BCUT2D eigenvalue weighted by Crippen LogP contribution is -2.37. The molecule has 1 heterocycles. The van der Waals surface area contributed by atoms with Crippen LogP contribution in [0.25, 0.3) is 0 Å². The molecule has 0 fully saturated rings. The maximum atomic E-state index is 12.3. The maximum Gasteiger partial charge on any atom is 0.349 e. The molecule has 7 heteroatoms. The van der Waals surface area contributed by atoms with Crippen LogP contribution in [0.5, 0.6) is 0 Å². The van der Waals surface area contributed by atoms with Crippen molar-refractivity contribution >= 4 is 34.1 Å². The number of amides is 2. The van der Waals surface area contributed by atoms with E-state index in [4.69, 9.17) is 4.74 Å². The Morgan fingerprint density at radius 2 is 1.80 bits per heavy atom. The molecular formula is C18H28N2O4S. The van der Waals surface area contributed by atoms with Gasteiger partial charge in [0.15, 0.2) is 6.10 Å². The molecule has 1 atom stereocenters. The first-order valence-corrected chi connectivity index (χ1v) is 9.14. The van der Waals surface area contributed by atoms with Crippen LogP contribution in [0.15, 0.2) is 6.07 Å². The molecule has 1 rings (SSSR count). The van der Waals surface area contributed by atoms with Crippen LogP contribution in [0.3, 0.4) is 0 Å². The minimum atomic E-state index is -0.875. The van der Waals surface area contributed by atoms with E-state index < -0.39 is 17.5 Å². The van der Waals surface area contributed by atoms with Gasteiger partial charge in [-0.15, -0.1) is 11.3 Å². The van der Waals surface area contributed by atoms with Crippen LogP contribution in [-0.2, 0) is 14.3 Å². The molecule has 1 aromatic heterocycles. The van der Waals surface area contributed by atoms with Gasteiger partial charge < -0.3 is 15.4 Å². The number of aryl methyl sites for hydroxylation is 1. The second-order valence-corrected chi connectivity index (χ2v) is 8.57. The van der Waals surface area contributed by atoms with Crippen LogP contribution in [0, 0.1) is 18.3 Å². The number of hydrogen-bond donors (Lipinski definition) is 2. The summed E-state index contributed by atoms with van der Waals surface area (Å²) in [7, 11) is 0. The van der Waals surface area contributed by atoms with Gasteiger partial charge in [-0.25, -0.2) is 4.79 Å². The number of ether oxygens (including phenoxy) is 1. The number of esters is 1. The van der Waals surface area contributed by atoms with Gasteiger partial charge in [0.1, 0.15) is 4.88 Å². The third kappa shape index (κ3) is 6.49. The fraction of sp³-hybridized carbons (Fsp3) is 0.611. The maximum absolute atomic E-state index is 12.3. The highest BCUT2D eigenvalue weighted by Gasteiger charge is 2.25. The van der Waals surface area contributed by atoms with Crippen molar-refractivity contribution in [2.75, 3.05) is 11.9 Å². The average molecular weight is 368 g/mol. The highest BCUT2D eigenvalue weighted by molar-refractivity contribution is 7.18. The van der Waals surface area contributed by atoms with Crippen LogP contribution in [0.1, 0.15) is 56.8 Å². The standard InChI is InChI=1S/C18H28N2O4S/c1-10(2)9-19-15(21)12(4)24-16(22)14-11(3)8-13(25-14)20-17(23)18(5,6)7/h8,10,12H,9H2,1-7H3,(H,19,21)(H,20,23)/t12-/m0/s1. The molecule has 0 aliphatic carbocycles. The minimum absolute atomic E-state index is 0.130. The molecule has 6 nitrogen and oxygen atoms in total. The van der Waals surface area contributed by atoms with Gasteiger partial charge in [0.05, 0.1) is 5.00 Å². The van der Waals surface area contributed by atoms with E-state index in [1.807, 2.05) is 34.6 Å². The summed E-state index contributed by atoms with van der Waals surface area (Å²) in [6.45, 7) is 13.3. The molecule has 0 aliphatic rings. The molecule has 0 saturated heterocycles. The van der Waals surface area contributed by atoms with Crippen LogP contribution in [0.4, 0.5) is 5.00 Å². The molecule has 0 bridgehead atoms. The van der Waals surface area contributed by atoms with Crippen molar-refractivity contribution in [3.05, 3.63) is 16.5 Å². The summed E-state index contributed by atoms with van der Waals surface area (Å²) in [5, 5.41) is 6.12. The molecule has 0 spiro atoms. The first-order chi connectivity index (χ1) is 11.4. The Balaban J connectivity index is 2.73. The molecular weight excluding hydrogens is 340 g/mol. The Labute approximate surface area is 153 Å². The van der Waals surface area contributed by atoms with Crippen molar-refractivity contribution in [1.29, 1.82) is 0 Å². The van der Waals surface area contributed by atoms with E-state index in [-0.39, 0.29) is 11.8 Å². The first kappa shape index (κ1) is 21.2. The molecule has 0 radical (unpaired) electrons. The number of anilines is 1. The van der Waals surface area contributed by atoms with Crippen LogP contribution >= 0.6 is 11.3 Å². The average Bonchev–Trinajstić information content (AvgIpc) is 2.84. The van der Waals surface area contributed by atoms with Crippen molar-refractivity contribution in [1.82, 2.24) is 5.32 Å². The van der Waals surface area contributed by atoms with Crippen LogP contribution in [0.2, 0.25) is 0 Å². The van der Waals surface area contributed by atoms with Crippen molar-refractivity contribution in [2.45, 2.75) is 54.6 Å². The number of carbonyl (C=O) groups excluding carboxylic acids is 3. The van der Waals surface area contributed by atoms with Gasteiger partial charge in [0.2, 0.25) is 5.91 Å². The molecule has 0 aliphatic heterocycles. The Hall–Kier alpha value is -1.89. The first-order valence-electron chi connectivity index (χ1n) is 8.32. The van der Waals surface area contributed by atoms with E-state index in [9.17, 15) is 14.4 Å². The summed E-state index contributed by atoms with van der Waals surface area (Å²) in [5.41, 5.74) is 0.177. The fourth-order valence-corrected chi connectivity index (χ4v) is 2.71. The quantitative estimate of drug-likeness (QED) is 0.754. The van der Waals surface area contributed by atoms with Crippen molar-refractivity contribution in [3.8, 4) is 0 Å². The molecule has 2 amide bonds. The summed E-state index contributed by atoms with van der Waals surface area (Å²) in [5.74, 6) is -0.695. The minimum Gasteiger partial charge on any atom is -0.448 e. The van der Waals surface area contributed by atoms with Crippen molar-refractivity contribution < 1.29 is 19.1 Å². The number of nitrogens with one attached hydrogen (secondary N) is 2. The second kappa shape index (κ2) is 8.47. The molecule has 0 saturated carbocycles. The summed E-state index contributed by atoms with van der Waals surface area (Å²) in [4.78, 5) is 36.7. The highest BCUT2D eigenvalue weighted by atomic mass is 32.1. The van der Waals surface area contributed by atoms with E-state index in [1.165, 1.54) is 0 Å². The Bertz CT molecular complexity index is 644. The monoisotopic (exact) mass is 368 g/mol. The van der Waals surface area contributed by atoms with E-state index in [0.717, 1.165) is 11.3 Å². The van der Waals surface area contributed by atoms with Crippen molar-refractivity contribution in [2.24, 2.45) is 11.3 Å². The van der Waals surface area contributed by atoms with E-state index in [1.54, 1.807) is 19.9 Å². The van der Waals surface area contributed by atoms with Gasteiger partial charge in [-0.1, -0.05) is 34.6 Å². The van der Waals surface area contributed by atoms with E-state index >= 15 is 0 Å². The lowest BCUT2D eigenvalue weighted by molar-refractivity contribution is -0.129. The SMILES string of the molecule is Cc1cc(NC(=O)C(C)(C)C)sc1C(=O)O[C@@H](C)C(=O)NCC(C)C. The lowest BCUT2D eigenvalue weighted by atomic mass is 9.96. The van der Waals surface area contributed by atoms with Crippen LogP contribution in [-0.4, -0.2) is 30.4 Å². The number of carbonyl (C=O) groups is 3. The second-order valence-electron chi connectivity index (χ2n) is 7.51. The third-order valence-corrected chi connectivity index (χ3v) is 4.49. The molecule has 140 valence electrons. The Kier molecular flexibility index (Phi) is 7.17. The molecule has 1 aromatic rings. The summed E-state index contributed by atoms with van der Waals surface area (Å²) >= 11 is 1.15. The summed E-state index contributed by atoms with van der Waals surface area (Å²) in [6, 6.07) is 1.73. The van der Waals surface area contributed by atoms with Gasteiger partial charge in [0, 0.05) is 12.0 Å². The molecule has 2 N–H and O–H groups in total. The Morgan fingerprint density at radius 1 is 1.20 bits per heavy atom. The lowest BCUT2D eigenvalue weighted by Gasteiger charge is -2.16. The molecule has 0 aromatic carbocycles. The van der Waals surface area contributed by atoms with Gasteiger partial charge in [0.25, 0.3) is 5.91 Å². The number of thiophene rings is 1. The smallest absolute Gasteiger partial charge is 0.349 e. The largest absolute Gasteiger partial charge is 0.448 e. The van der Waals surface area contributed by atoms with Gasteiger partial charge in [-0.2, -0.15) is 0 Å². The van der Waals surface area contributed by atoms with Crippen molar-refractivity contribution in [3.63, 3.8) is 0 Å². The Morgan fingerprint density at radius 3 is 2.32 bits per heavy atom. The molecule has 0 unspecified atom stereocenters. The molecule has 25 heavy (non-hydrogen) atoms. The topological polar surface area (TPSA) is 84.5 Å². The van der Waals surface area contributed by atoms with Gasteiger partial charge in [-0.05, 0) is 31.4 Å². The third-order valence-electron chi connectivity index (χ3n) is 3.36. The summed E-state index contributed by atoms with van der Waals surface area (Å²) < 4.78 is 5.24. The van der Waals surface area contributed by atoms with Gasteiger partial charge in [-0.3, -0.25) is 9.59 Å². The van der Waals surface area contributed by atoms with Crippen LogP contribution < -0.4 is 10.6 Å². The van der Waals surface area contributed by atoms with E-state index in [0.29, 0.717) is 27.9 Å². The predicted octanol–water partition coefficient (Wildman–Crippen LogP) is 3.36. The normalized spacial score (nSPS) is 12.6. The zero-order valence-electron chi connectivity index (χ0n) is 16.0. The predicted molar refractivity (Wildman–Crippen MR) is 99.9 cm³/mol. The summed E-state index contributed by atoms with van der Waals surface area (Å²) in [6.07, 6.45) is -0.875. The zero-order chi connectivity index (χ0) is 19.4. The fourth-order valence-electron chi connectivity index (χ4n) is 1.76. The van der Waals surface area contributed by atoms with E-state index in [2.05, 4.69) is 10.6 Å². The zero-order valence-corrected chi connectivity index (χ0v) is 16.8. The van der Waals surface area contributed by atoms with Gasteiger partial charge >= 0.3 is 5.97 Å². The number of hydrogen-bond acceptors (Lipinski definition) is 5. The highest BCUT2D eigenvalue weighted by Crippen LogP contribution is 2.29. The number of rotatable bonds is 6.